The molecule has 0 spiro atoms. The Morgan fingerprint density at radius 1 is 1.13 bits per heavy atom. The third-order valence-corrected chi connectivity index (χ3v) is 7.81. The molecule has 1 saturated heterocycles. The van der Waals surface area contributed by atoms with Crippen LogP contribution in [0.4, 0.5) is 5.69 Å². The van der Waals surface area contributed by atoms with Crippen LogP contribution >= 0.6 is 15.9 Å². The van der Waals surface area contributed by atoms with E-state index in [1.54, 1.807) is 24.3 Å². The monoisotopic (exact) mass is 494 g/mol. The molecule has 1 N–H and O–H groups in total. The number of halogens is 1. The zero-order chi connectivity index (χ0) is 21.5. The first kappa shape index (κ1) is 20.7. The summed E-state index contributed by atoms with van der Waals surface area (Å²) in [5, 5.41) is 9.80. The highest BCUT2D eigenvalue weighted by Gasteiger charge is 2.30. The summed E-state index contributed by atoms with van der Waals surface area (Å²) in [6.07, 6.45) is 0. The Labute approximate surface area is 181 Å². The smallest absolute Gasteiger partial charge is 0.371 e. The van der Waals surface area contributed by atoms with Crippen LogP contribution in [-0.2, 0) is 10.0 Å². The van der Waals surface area contributed by atoms with Crippen LogP contribution in [0.2, 0.25) is 0 Å². The molecule has 0 bridgehead atoms. The van der Waals surface area contributed by atoms with Gasteiger partial charge in [0.05, 0.1) is 22.2 Å². The van der Waals surface area contributed by atoms with Crippen LogP contribution in [0.15, 0.2) is 56.2 Å². The SMILES string of the molecule is COc1cccc(S(=O)(=O)N2CCN(c3ccc4oc(C(=O)O)cc4c3Br)CC2)c1. The first-order valence-electron chi connectivity index (χ1n) is 9.16. The van der Waals surface area contributed by atoms with Crippen molar-refractivity contribution >= 4 is 48.6 Å². The highest BCUT2D eigenvalue weighted by atomic mass is 79.9. The van der Waals surface area contributed by atoms with Gasteiger partial charge in [-0.15, -0.1) is 0 Å². The van der Waals surface area contributed by atoms with Crippen molar-refractivity contribution < 1.29 is 27.5 Å². The molecule has 0 unspecified atom stereocenters. The van der Waals surface area contributed by atoms with Gasteiger partial charge in [-0.05, 0) is 40.2 Å². The molecule has 1 aromatic heterocycles. The van der Waals surface area contributed by atoms with Gasteiger partial charge in [-0.3, -0.25) is 0 Å². The van der Waals surface area contributed by atoms with E-state index in [0.29, 0.717) is 42.9 Å². The van der Waals surface area contributed by atoms with Crippen molar-refractivity contribution in [3.05, 3.63) is 52.7 Å². The van der Waals surface area contributed by atoms with Gasteiger partial charge in [0.15, 0.2) is 0 Å². The molecule has 2 aromatic carbocycles. The predicted molar refractivity (Wildman–Crippen MR) is 115 cm³/mol. The Balaban J connectivity index is 1.54. The number of carboxylic acids is 1. The lowest BCUT2D eigenvalue weighted by molar-refractivity contribution is 0.0665. The molecule has 3 aromatic rings. The van der Waals surface area contributed by atoms with E-state index in [-0.39, 0.29) is 10.7 Å². The first-order chi connectivity index (χ1) is 14.3. The molecule has 0 radical (unpaired) electrons. The van der Waals surface area contributed by atoms with Crippen molar-refractivity contribution in [3.8, 4) is 5.75 Å². The molecule has 158 valence electrons. The number of methoxy groups -OCH3 is 1. The molecule has 4 rings (SSSR count). The second-order valence-electron chi connectivity index (χ2n) is 6.80. The van der Waals surface area contributed by atoms with Crippen LogP contribution in [0.1, 0.15) is 10.6 Å². The van der Waals surface area contributed by atoms with Gasteiger partial charge in [0.25, 0.3) is 0 Å². The minimum atomic E-state index is -3.62. The summed E-state index contributed by atoms with van der Waals surface area (Å²) >= 11 is 3.55. The summed E-state index contributed by atoms with van der Waals surface area (Å²) in [4.78, 5) is 13.4. The van der Waals surface area contributed by atoms with Gasteiger partial charge in [0.1, 0.15) is 11.3 Å². The zero-order valence-corrected chi connectivity index (χ0v) is 18.4. The Morgan fingerprint density at radius 2 is 1.87 bits per heavy atom. The Bertz CT molecular complexity index is 1220. The molecule has 30 heavy (non-hydrogen) atoms. The number of carboxylic acid groups (broad SMARTS) is 1. The summed E-state index contributed by atoms with van der Waals surface area (Å²) in [5.41, 5.74) is 1.33. The number of sulfonamides is 1. The minimum absolute atomic E-state index is 0.128. The summed E-state index contributed by atoms with van der Waals surface area (Å²) in [6.45, 7) is 1.65. The van der Waals surface area contributed by atoms with Gasteiger partial charge in [0, 0.05) is 43.7 Å². The summed E-state index contributed by atoms with van der Waals surface area (Å²) in [7, 11) is -2.12. The molecule has 1 fully saturated rings. The molecule has 1 aliphatic rings. The molecule has 8 nitrogen and oxygen atoms in total. The van der Waals surface area contributed by atoms with Gasteiger partial charge in [-0.25, -0.2) is 13.2 Å². The minimum Gasteiger partial charge on any atom is -0.497 e. The van der Waals surface area contributed by atoms with Crippen molar-refractivity contribution in [2.75, 3.05) is 38.2 Å². The molecule has 0 amide bonds. The topological polar surface area (TPSA) is 100 Å². The summed E-state index contributed by atoms with van der Waals surface area (Å²) < 4.78 is 38.6. The van der Waals surface area contributed by atoms with E-state index in [1.807, 2.05) is 6.07 Å². The molecule has 0 aliphatic carbocycles. The number of benzene rings is 2. The van der Waals surface area contributed by atoms with Crippen LogP contribution < -0.4 is 9.64 Å². The van der Waals surface area contributed by atoms with Crippen LogP contribution in [0.25, 0.3) is 11.0 Å². The van der Waals surface area contributed by atoms with E-state index in [4.69, 9.17) is 14.3 Å². The molecule has 10 heteroatoms. The third-order valence-electron chi connectivity index (χ3n) is 5.08. The van der Waals surface area contributed by atoms with E-state index >= 15 is 0 Å². The number of rotatable bonds is 5. The Kier molecular flexibility index (Phi) is 5.48. The number of hydrogen-bond acceptors (Lipinski definition) is 6. The molecular weight excluding hydrogens is 476 g/mol. The summed E-state index contributed by atoms with van der Waals surface area (Å²) in [5.74, 6) is -0.763. The Hall–Kier alpha value is -2.56. The number of fused-ring (bicyclic) bond motifs is 1. The highest BCUT2D eigenvalue weighted by Crippen LogP contribution is 2.36. The highest BCUT2D eigenvalue weighted by molar-refractivity contribution is 9.10. The van der Waals surface area contributed by atoms with E-state index < -0.39 is 16.0 Å². The fraction of sp³-hybridized carbons (Fsp3) is 0.250. The largest absolute Gasteiger partial charge is 0.497 e. The number of nitrogens with zero attached hydrogens (tertiary/aromatic N) is 2. The maximum Gasteiger partial charge on any atom is 0.371 e. The van der Waals surface area contributed by atoms with E-state index in [9.17, 15) is 13.2 Å². The summed E-state index contributed by atoms with van der Waals surface area (Å²) in [6, 6.07) is 11.5. The fourth-order valence-electron chi connectivity index (χ4n) is 3.50. The van der Waals surface area contributed by atoms with Gasteiger partial charge in [-0.2, -0.15) is 4.31 Å². The molecule has 0 saturated carbocycles. The number of furan rings is 1. The molecular formula is C20H19BrN2O6S. The van der Waals surface area contributed by atoms with Crippen molar-refractivity contribution in [3.63, 3.8) is 0 Å². The van der Waals surface area contributed by atoms with Crippen molar-refractivity contribution in [2.45, 2.75) is 4.90 Å². The first-order valence-corrected chi connectivity index (χ1v) is 11.4. The van der Waals surface area contributed by atoms with Crippen LogP contribution in [-0.4, -0.2) is 57.1 Å². The van der Waals surface area contributed by atoms with Gasteiger partial charge >= 0.3 is 5.97 Å². The van der Waals surface area contributed by atoms with Crippen LogP contribution in [0.3, 0.4) is 0 Å². The lowest BCUT2D eigenvalue weighted by Gasteiger charge is -2.36. The average Bonchev–Trinajstić information content (AvgIpc) is 3.20. The predicted octanol–water partition coefficient (Wildman–Crippen LogP) is 3.41. The quantitative estimate of drug-likeness (QED) is 0.579. The average molecular weight is 495 g/mol. The number of aromatic carboxylic acids is 1. The van der Waals surface area contributed by atoms with E-state index in [2.05, 4.69) is 20.8 Å². The van der Waals surface area contributed by atoms with Gasteiger partial charge in [-0.1, -0.05) is 6.07 Å². The van der Waals surface area contributed by atoms with Crippen molar-refractivity contribution in [1.82, 2.24) is 4.31 Å². The van der Waals surface area contributed by atoms with Gasteiger partial charge in [0.2, 0.25) is 15.8 Å². The van der Waals surface area contributed by atoms with E-state index in [1.165, 1.54) is 23.5 Å². The standard InChI is InChI=1S/C20H19BrN2O6S/c1-28-13-3-2-4-14(11-13)30(26,27)23-9-7-22(8-10-23)16-5-6-17-15(19(16)21)12-18(29-17)20(24)25/h2-6,11-12H,7-10H2,1H3,(H,24,25). The lowest BCUT2D eigenvalue weighted by Crippen LogP contribution is -2.48. The van der Waals surface area contributed by atoms with Crippen molar-refractivity contribution in [1.29, 1.82) is 0 Å². The van der Waals surface area contributed by atoms with Gasteiger partial charge < -0.3 is 19.2 Å². The zero-order valence-electron chi connectivity index (χ0n) is 16.0. The second-order valence-corrected chi connectivity index (χ2v) is 9.53. The van der Waals surface area contributed by atoms with Crippen LogP contribution in [0, 0.1) is 0 Å². The number of piperazine rings is 1. The molecule has 2 heterocycles. The fourth-order valence-corrected chi connectivity index (χ4v) is 5.65. The number of anilines is 1. The lowest BCUT2D eigenvalue weighted by atomic mass is 10.2. The molecule has 0 atom stereocenters. The normalized spacial score (nSPS) is 15.5. The van der Waals surface area contributed by atoms with Crippen LogP contribution in [0.5, 0.6) is 5.75 Å². The maximum absolute atomic E-state index is 13.0. The van der Waals surface area contributed by atoms with E-state index in [0.717, 1.165) is 10.2 Å². The molecule has 1 aliphatic heterocycles. The third kappa shape index (κ3) is 3.66. The second kappa shape index (κ2) is 7.93. The maximum atomic E-state index is 13.0. The Morgan fingerprint density at radius 3 is 2.53 bits per heavy atom. The van der Waals surface area contributed by atoms with Crippen molar-refractivity contribution in [2.24, 2.45) is 0 Å². The number of ether oxygens (including phenoxy) is 1. The number of carbonyl (C=O) groups is 1. The number of hydrogen-bond donors (Lipinski definition) is 1.